The molecule has 0 aromatic heterocycles. The first-order valence-electron chi connectivity index (χ1n) is 6.44. The first-order valence-corrected chi connectivity index (χ1v) is 6.44. The minimum Gasteiger partial charge on any atom is -0.326 e. The summed E-state index contributed by atoms with van der Waals surface area (Å²) in [5.41, 5.74) is 6.58. The van der Waals surface area contributed by atoms with Crippen molar-refractivity contribution in [1.82, 2.24) is 4.90 Å². The average Bonchev–Trinajstić information content (AvgIpc) is 2.70. The van der Waals surface area contributed by atoms with Gasteiger partial charge in [0.15, 0.2) is 0 Å². The van der Waals surface area contributed by atoms with Gasteiger partial charge in [-0.1, -0.05) is 19.8 Å². The summed E-state index contributed by atoms with van der Waals surface area (Å²) in [6, 6.07) is 0.378. The number of hydrogen-bond acceptors (Lipinski definition) is 2. The van der Waals surface area contributed by atoms with Crippen LogP contribution in [0.1, 0.15) is 52.9 Å². The zero-order chi connectivity index (χ0) is 11.5. The molecule has 2 heteroatoms. The van der Waals surface area contributed by atoms with Crippen molar-refractivity contribution in [1.29, 1.82) is 0 Å². The summed E-state index contributed by atoms with van der Waals surface area (Å²) < 4.78 is 0. The quantitative estimate of drug-likeness (QED) is 0.759. The molecule has 2 nitrogen and oxygen atoms in total. The van der Waals surface area contributed by atoms with Gasteiger partial charge in [0, 0.05) is 18.1 Å². The van der Waals surface area contributed by atoms with Crippen LogP contribution in [0, 0.1) is 5.92 Å². The molecule has 0 amide bonds. The lowest BCUT2D eigenvalue weighted by atomic mass is 9.95. The topological polar surface area (TPSA) is 29.3 Å². The molecule has 15 heavy (non-hydrogen) atoms. The van der Waals surface area contributed by atoms with Gasteiger partial charge in [0.25, 0.3) is 0 Å². The molecule has 0 aromatic rings. The summed E-state index contributed by atoms with van der Waals surface area (Å²) in [4.78, 5) is 2.43. The van der Waals surface area contributed by atoms with E-state index >= 15 is 0 Å². The van der Waals surface area contributed by atoms with E-state index in [2.05, 4.69) is 32.7 Å². The fraction of sp³-hybridized carbons (Fsp3) is 1.00. The Bertz CT molecular complexity index is 183. The van der Waals surface area contributed by atoms with E-state index in [0.717, 1.165) is 12.5 Å². The normalized spacial score (nSPS) is 21.2. The second-order valence-electron chi connectivity index (χ2n) is 5.75. The Kier molecular flexibility index (Phi) is 4.60. The van der Waals surface area contributed by atoms with E-state index in [-0.39, 0.29) is 5.54 Å². The van der Waals surface area contributed by atoms with Crippen molar-refractivity contribution in [3.63, 3.8) is 0 Å². The Morgan fingerprint density at radius 3 is 2.33 bits per heavy atom. The molecule has 0 radical (unpaired) electrons. The van der Waals surface area contributed by atoms with Gasteiger partial charge in [-0.3, -0.25) is 4.90 Å². The molecular weight excluding hydrogens is 184 g/mol. The average molecular weight is 212 g/mol. The van der Waals surface area contributed by atoms with E-state index in [1.54, 1.807) is 0 Å². The molecule has 1 aliphatic rings. The maximum absolute atomic E-state index is 6.29. The van der Waals surface area contributed by atoms with Gasteiger partial charge in [-0.2, -0.15) is 0 Å². The van der Waals surface area contributed by atoms with E-state index in [1.165, 1.54) is 32.1 Å². The van der Waals surface area contributed by atoms with Crippen molar-refractivity contribution in [3.05, 3.63) is 0 Å². The van der Waals surface area contributed by atoms with Gasteiger partial charge in [-0.15, -0.1) is 0 Å². The fourth-order valence-electron chi connectivity index (χ4n) is 2.37. The smallest absolute Gasteiger partial charge is 0.0196 e. The Labute approximate surface area is 95.2 Å². The van der Waals surface area contributed by atoms with Gasteiger partial charge in [0.05, 0.1) is 0 Å². The summed E-state index contributed by atoms with van der Waals surface area (Å²) >= 11 is 0. The molecule has 0 heterocycles. The first kappa shape index (κ1) is 13.0. The molecule has 90 valence electrons. The van der Waals surface area contributed by atoms with Crippen molar-refractivity contribution in [2.24, 2.45) is 11.7 Å². The summed E-state index contributed by atoms with van der Waals surface area (Å²) in [5, 5.41) is 0. The highest BCUT2D eigenvalue weighted by molar-refractivity contribution is 4.84. The Hall–Kier alpha value is -0.0800. The summed E-state index contributed by atoms with van der Waals surface area (Å²) in [6.45, 7) is 7.89. The largest absolute Gasteiger partial charge is 0.326 e. The van der Waals surface area contributed by atoms with Gasteiger partial charge in [0.2, 0.25) is 0 Å². The van der Waals surface area contributed by atoms with E-state index in [0.29, 0.717) is 6.04 Å². The molecule has 2 N–H and O–H groups in total. The van der Waals surface area contributed by atoms with E-state index in [9.17, 15) is 0 Å². The van der Waals surface area contributed by atoms with Crippen LogP contribution in [0.25, 0.3) is 0 Å². The predicted octanol–water partition coefficient (Wildman–Crippen LogP) is 2.62. The molecule has 0 spiro atoms. The number of rotatable bonds is 5. The van der Waals surface area contributed by atoms with Crippen LogP contribution in [-0.2, 0) is 0 Å². The molecule has 1 rings (SSSR count). The van der Waals surface area contributed by atoms with Crippen LogP contribution < -0.4 is 5.73 Å². The molecule has 1 fully saturated rings. The van der Waals surface area contributed by atoms with Gasteiger partial charge < -0.3 is 5.73 Å². The highest BCUT2D eigenvalue weighted by atomic mass is 15.2. The van der Waals surface area contributed by atoms with Gasteiger partial charge in [0.1, 0.15) is 0 Å². The van der Waals surface area contributed by atoms with Crippen molar-refractivity contribution in [3.8, 4) is 0 Å². The Morgan fingerprint density at radius 1 is 1.33 bits per heavy atom. The van der Waals surface area contributed by atoms with Crippen LogP contribution in [-0.4, -0.2) is 30.1 Å². The fourth-order valence-corrected chi connectivity index (χ4v) is 2.37. The Morgan fingerprint density at radius 2 is 1.87 bits per heavy atom. The van der Waals surface area contributed by atoms with E-state index in [1.807, 2.05) is 0 Å². The number of nitrogens with two attached hydrogens (primary N) is 1. The van der Waals surface area contributed by atoms with Crippen LogP contribution in [0.5, 0.6) is 0 Å². The lowest BCUT2D eigenvalue weighted by Gasteiger charge is -2.37. The van der Waals surface area contributed by atoms with Crippen molar-refractivity contribution in [2.75, 3.05) is 13.6 Å². The third-order valence-electron chi connectivity index (χ3n) is 4.39. The number of hydrogen-bond donors (Lipinski definition) is 1. The third kappa shape index (κ3) is 3.46. The van der Waals surface area contributed by atoms with Gasteiger partial charge in [-0.25, -0.2) is 0 Å². The first-order chi connectivity index (χ1) is 6.97. The van der Waals surface area contributed by atoms with Crippen molar-refractivity contribution >= 4 is 0 Å². The number of likely N-dealkylation sites (N-methyl/N-ethyl adjacent to an activating group) is 1. The van der Waals surface area contributed by atoms with Crippen LogP contribution in [0.3, 0.4) is 0 Å². The maximum Gasteiger partial charge on any atom is 0.0196 e. The number of nitrogens with zero attached hydrogens (tertiary/aromatic N) is 1. The summed E-state index contributed by atoms with van der Waals surface area (Å²) in [7, 11) is 2.21. The molecule has 0 saturated heterocycles. The van der Waals surface area contributed by atoms with Crippen LogP contribution >= 0.6 is 0 Å². The van der Waals surface area contributed by atoms with Crippen LogP contribution in [0.4, 0.5) is 0 Å². The van der Waals surface area contributed by atoms with E-state index in [4.69, 9.17) is 5.73 Å². The highest BCUT2D eigenvalue weighted by Crippen LogP contribution is 2.28. The lowest BCUT2D eigenvalue weighted by molar-refractivity contribution is 0.131. The Balaban J connectivity index is 2.39. The molecule has 0 bridgehead atoms. The molecule has 1 atom stereocenters. The minimum absolute atomic E-state index is 0.288. The molecule has 1 unspecified atom stereocenters. The van der Waals surface area contributed by atoms with E-state index < -0.39 is 0 Å². The highest BCUT2D eigenvalue weighted by Gasteiger charge is 2.27. The molecule has 1 aliphatic carbocycles. The summed E-state index contributed by atoms with van der Waals surface area (Å²) in [5.74, 6) is 0.778. The molecule has 0 aromatic carbocycles. The lowest BCUT2D eigenvalue weighted by Crippen LogP contribution is -2.48. The zero-order valence-corrected chi connectivity index (χ0v) is 10.9. The van der Waals surface area contributed by atoms with Crippen LogP contribution in [0.15, 0.2) is 0 Å². The SMILES string of the molecule is CCC(C)(C)N(C)CC(N)C1CCCC1. The van der Waals surface area contributed by atoms with Crippen molar-refractivity contribution < 1.29 is 0 Å². The third-order valence-corrected chi connectivity index (χ3v) is 4.39. The monoisotopic (exact) mass is 212 g/mol. The summed E-state index contributed by atoms with van der Waals surface area (Å²) in [6.07, 6.45) is 6.66. The molecular formula is C13H28N2. The molecule has 1 saturated carbocycles. The predicted molar refractivity (Wildman–Crippen MR) is 66.9 cm³/mol. The zero-order valence-electron chi connectivity index (χ0n) is 10.9. The minimum atomic E-state index is 0.288. The second kappa shape index (κ2) is 5.31. The van der Waals surface area contributed by atoms with Gasteiger partial charge in [-0.05, 0) is 46.1 Å². The van der Waals surface area contributed by atoms with Gasteiger partial charge >= 0.3 is 0 Å². The van der Waals surface area contributed by atoms with Crippen molar-refractivity contribution in [2.45, 2.75) is 64.5 Å². The molecule has 0 aliphatic heterocycles. The maximum atomic E-state index is 6.29. The standard InChI is InChI=1S/C13H28N2/c1-5-13(2,3)15(4)10-12(14)11-8-6-7-9-11/h11-12H,5-10,14H2,1-4H3. The second-order valence-corrected chi connectivity index (χ2v) is 5.75. The van der Waals surface area contributed by atoms with Crippen LogP contribution in [0.2, 0.25) is 0 Å².